The van der Waals surface area contributed by atoms with Crippen LogP contribution in [0.5, 0.6) is 5.75 Å². The molecule has 5 heterocycles. The van der Waals surface area contributed by atoms with Gasteiger partial charge in [-0.15, -0.1) is 11.3 Å². The second kappa shape index (κ2) is 20.5. The van der Waals surface area contributed by atoms with Crippen molar-refractivity contribution in [1.82, 2.24) is 40.2 Å². The number of thiazole rings is 1. The number of aliphatic hydroxyl groups excluding tert-OH is 1. The molecule has 0 radical (unpaired) electrons. The summed E-state index contributed by atoms with van der Waals surface area (Å²) >= 11 is 14.1. The van der Waals surface area contributed by atoms with Crippen LogP contribution in [0.4, 0.5) is 10.2 Å². The SMILES string of the molecule is Cc1ncsc1-c1ccc(CNC(=O)[C@@H]2C[C@@H](O)CN2C(=O)C(NC(=O)CCC(=O)N2CCC(n3cc(-c4cnc(N)c(OC(C)c5c(Cl)ccc(F)c5Cl)c4)cn3)CC2)C(C)(C)C)cc1. The van der Waals surface area contributed by atoms with Crippen molar-refractivity contribution in [3.05, 3.63) is 99.2 Å². The van der Waals surface area contributed by atoms with Gasteiger partial charge < -0.3 is 36.0 Å². The Hall–Kier alpha value is -5.62. The Morgan fingerprint density at radius 3 is 2.42 bits per heavy atom. The van der Waals surface area contributed by atoms with Gasteiger partial charge in [0.15, 0.2) is 11.6 Å². The normalized spacial score (nSPS) is 17.7. The lowest BCUT2D eigenvalue weighted by Crippen LogP contribution is -2.57. The number of carbonyl (C=O) groups excluding carboxylic acids is 4. The number of pyridine rings is 1. The molecule has 66 heavy (non-hydrogen) atoms. The van der Waals surface area contributed by atoms with Crippen LogP contribution >= 0.6 is 34.5 Å². The minimum atomic E-state index is -1.01. The molecule has 7 rings (SSSR count). The molecular formula is C47H54Cl2FN9O6S. The number of benzene rings is 2. The van der Waals surface area contributed by atoms with Gasteiger partial charge in [0.25, 0.3) is 0 Å². The van der Waals surface area contributed by atoms with Crippen LogP contribution in [0.15, 0.2) is 66.6 Å². The predicted octanol–water partition coefficient (Wildman–Crippen LogP) is 7.30. The highest BCUT2D eigenvalue weighted by Crippen LogP contribution is 2.37. The Kier molecular flexibility index (Phi) is 15.0. The topological polar surface area (TPSA) is 198 Å². The molecule has 2 saturated heterocycles. The number of nitrogens with zero attached hydrogens (tertiary/aromatic N) is 6. The summed E-state index contributed by atoms with van der Waals surface area (Å²) in [6, 6.07) is 10.2. The van der Waals surface area contributed by atoms with Gasteiger partial charge in [-0.05, 0) is 61.4 Å². The summed E-state index contributed by atoms with van der Waals surface area (Å²) in [5, 5.41) is 21.1. The lowest BCUT2D eigenvalue weighted by atomic mass is 9.85. The number of nitrogens with one attached hydrogen (secondary N) is 2. The number of nitrogens with two attached hydrogens (primary N) is 1. The molecule has 0 aliphatic carbocycles. The number of aromatic nitrogens is 4. The zero-order valence-corrected chi connectivity index (χ0v) is 39.7. The quantitative estimate of drug-likeness (QED) is 0.0820. The average molecular weight is 963 g/mol. The van der Waals surface area contributed by atoms with Crippen LogP contribution in [-0.4, -0.2) is 96.1 Å². The van der Waals surface area contributed by atoms with Gasteiger partial charge >= 0.3 is 0 Å². The Morgan fingerprint density at radius 1 is 1.02 bits per heavy atom. The Morgan fingerprint density at radius 2 is 1.74 bits per heavy atom. The van der Waals surface area contributed by atoms with E-state index in [4.69, 9.17) is 33.7 Å². The van der Waals surface area contributed by atoms with E-state index in [1.54, 1.807) is 47.1 Å². The second-order valence-corrected chi connectivity index (χ2v) is 19.5. The van der Waals surface area contributed by atoms with Crippen molar-refractivity contribution < 1.29 is 33.4 Å². The van der Waals surface area contributed by atoms with Crippen molar-refractivity contribution >= 4 is 64.0 Å². The first-order chi connectivity index (χ1) is 31.4. The number of aryl methyl sites for hydroxylation is 1. The van der Waals surface area contributed by atoms with E-state index in [1.807, 2.05) is 62.8 Å². The van der Waals surface area contributed by atoms with Crippen LogP contribution < -0.4 is 21.1 Å². The number of rotatable bonds is 14. The van der Waals surface area contributed by atoms with Crippen LogP contribution in [-0.2, 0) is 25.7 Å². The van der Waals surface area contributed by atoms with Gasteiger partial charge in [0.1, 0.15) is 24.0 Å². The minimum absolute atomic E-state index is 0.0138. The zero-order valence-electron chi connectivity index (χ0n) is 37.4. The molecule has 2 unspecified atom stereocenters. The number of piperidine rings is 1. The first-order valence-electron chi connectivity index (χ1n) is 21.8. The number of halogens is 3. The van der Waals surface area contributed by atoms with E-state index in [1.165, 1.54) is 17.0 Å². The molecule has 4 amide bonds. The third-order valence-corrected chi connectivity index (χ3v) is 13.8. The average Bonchev–Trinajstić information content (AvgIpc) is 4.06. The molecule has 5 N–H and O–H groups in total. The van der Waals surface area contributed by atoms with E-state index in [9.17, 15) is 28.7 Å². The van der Waals surface area contributed by atoms with Crippen molar-refractivity contribution in [3.63, 3.8) is 0 Å². The maximum absolute atomic E-state index is 14.2. The molecule has 4 atom stereocenters. The lowest BCUT2D eigenvalue weighted by molar-refractivity contribution is -0.144. The van der Waals surface area contributed by atoms with Crippen molar-refractivity contribution in [3.8, 4) is 27.3 Å². The highest BCUT2D eigenvalue weighted by molar-refractivity contribution is 7.13. The van der Waals surface area contributed by atoms with Crippen molar-refractivity contribution in [2.75, 3.05) is 25.4 Å². The van der Waals surface area contributed by atoms with Gasteiger partial charge in [-0.3, -0.25) is 23.9 Å². The number of amides is 4. The van der Waals surface area contributed by atoms with Gasteiger partial charge in [0.05, 0.1) is 39.4 Å². The number of carbonyl (C=O) groups is 4. The van der Waals surface area contributed by atoms with Crippen molar-refractivity contribution in [2.24, 2.45) is 5.41 Å². The van der Waals surface area contributed by atoms with Crippen LogP contribution in [0.1, 0.15) is 88.8 Å². The van der Waals surface area contributed by atoms with Crippen LogP contribution in [0.2, 0.25) is 10.0 Å². The molecule has 2 aromatic carbocycles. The number of β-amino-alcohol motifs (C(OH)–C–C–N with tert-alkyl or cyclic N) is 1. The van der Waals surface area contributed by atoms with Crippen LogP contribution in [0, 0.1) is 18.2 Å². The molecule has 15 nitrogen and oxygen atoms in total. The molecule has 2 aliphatic rings. The zero-order chi connectivity index (χ0) is 47.4. The van der Waals surface area contributed by atoms with E-state index < -0.39 is 53.2 Å². The fourth-order valence-electron chi connectivity index (χ4n) is 8.33. The first kappa shape index (κ1) is 48.3. The summed E-state index contributed by atoms with van der Waals surface area (Å²) in [4.78, 5) is 67.1. The van der Waals surface area contributed by atoms with Gasteiger partial charge in [-0.25, -0.2) is 14.4 Å². The fraction of sp³-hybridized carbons (Fsp3) is 0.426. The molecule has 0 saturated carbocycles. The third kappa shape index (κ3) is 11.1. The van der Waals surface area contributed by atoms with Crippen molar-refractivity contribution in [1.29, 1.82) is 0 Å². The smallest absolute Gasteiger partial charge is 0.246 e. The second-order valence-electron chi connectivity index (χ2n) is 17.9. The summed E-state index contributed by atoms with van der Waals surface area (Å²) in [7, 11) is 0. The lowest BCUT2D eigenvalue weighted by Gasteiger charge is -2.35. The highest BCUT2D eigenvalue weighted by Gasteiger charge is 2.44. The number of nitrogen functional groups attached to an aromatic ring is 1. The minimum Gasteiger partial charge on any atom is -0.482 e. The summed E-state index contributed by atoms with van der Waals surface area (Å²) in [6.45, 7) is 10.2. The molecule has 3 aromatic heterocycles. The summed E-state index contributed by atoms with van der Waals surface area (Å²) in [5.74, 6) is -1.72. The molecule has 5 aromatic rings. The molecule has 2 aliphatic heterocycles. The van der Waals surface area contributed by atoms with Gasteiger partial charge in [-0.2, -0.15) is 5.10 Å². The standard InChI is InChI=1S/C47H54Cl2FN9O6S/c1-26-42(66-25-54-26)29-8-6-28(7-9-29)20-53-45(63)36-19-33(60)24-58(36)46(64)43(47(3,4)5)56-38(61)12-13-39(62)57-16-14-32(15-17-57)59-23-31(22-55-59)30-18-37(44(51)52-21-30)65-27(2)40-34(48)10-11-35(50)41(40)49/h6-11,18,21-23,25,27,32-33,36,43,60H,12-17,19-20,24H2,1-5H3,(H2,51,52)(H,53,63)(H,56,61)/t27?,33-,36+,43?/m1/s1. The maximum Gasteiger partial charge on any atom is 0.246 e. The van der Waals surface area contributed by atoms with Crippen molar-refractivity contribution in [2.45, 2.75) is 104 Å². The number of hydrogen-bond acceptors (Lipinski definition) is 11. The highest BCUT2D eigenvalue weighted by atomic mass is 35.5. The molecule has 19 heteroatoms. The third-order valence-electron chi connectivity index (χ3n) is 12.1. The summed E-state index contributed by atoms with van der Waals surface area (Å²) in [5.41, 5.74) is 11.8. The molecule has 0 bridgehead atoms. The van der Waals surface area contributed by atoms with Gasteiger partial charge in [0, 0.05) is 79.5 Å². The van der Waals surface area contributed by atoms with E-state index in [0.29, 0.717) is 37.1 Å². The van der Waals surface area contributed by atoms with Crippen LogP contribution in [0.3, 0.4) is 0 Å². The number of hydrogen-bond donors (Lipinski definition) is 4. The first-order valence-corrected chi connectivity index (χ1v) is 23.4. The number of aliphatic hydroxyl groups is 1. The summed E-state index contributed by atoms with van der Waals surface area (Å²) < 4.78 is 22.1. The number of anilines is 1. The Balaban J connectivity index is 0.889. The maximum atomic E-state index is 14.2. The predicted molar refractivity (Wildman–Crippen MR) is 251 cm³/mol. The van der Waals surface area contributed by atoms with E-state index >= 15 is 0 Å². The fourth-order valence-corrected chi connectivity index (χ4v) is 9.82. The summed E-state index contributed by atoms with van der Waals surface area (Å²) in [6.07, 6.45) is 4.74. The van der Waals surface area contributed by atoms with E-state index in [-0.39, 0.29) is 65.9 Å². The van der Waals surface area contributed by atoms with Gasteiger partial charge in [-0.1, -0.05) is 68.2 Å². The Labute approximate surface area is 396 Å². The number of ether oxygens (including phenoxy) is 1. The van der Waals surface area contributed by atoms with Gasteiger partial charge in [0.2, 0.25) is 23.6 Å². The van der Waals surface area contributed by atoms with E-state index in [2.05, 4.69) is 25.7 Å². The number of likely N-dealkylation sites (tertiary alicyclic amines) is 2. The molecule has 350 valence electrons. The molecular weight excluding hydrogens is 909 g/mol. The monoisotopic (exact) mass is 961 g/mol. The Bertz CT molecular complexity index is 2580. The van der Waals surface area contributed by atoms with Crippen LogP contribution in [0.25, 0.3) is 21.6 Å². The molecule has 0 spiro atoms. The molecule has 2 fully saturated rings. The largest absolute Gasteiger partial charge is 0.482 e. The van der Waals surface area contributed by atoms with E-state index in [0.717, 1.165) is 27.3 Å².